The molecule has 7 heteroatoms. The van der Waals surface area contributed by atoms with Gasteiger partial charge in [-0.05, 0) is 30.1 Å². The highest BCUT2D eigenvalue weighted by molar-refractivity contribution is 6.43. The van der Waals surface area contributed by atoms with Crippen molar-refractivity contribution in [2.75, 3.05) is 13.7 Å². The molecule has 0 unspecified atom stereocenters. The standard InChI is InChI=1S/C18H20BNO5/c1-18(2)24-16-14(4-5-15(22-3)17(16)25-18)12-6-11(8-20-9-12)13-7-19(21)23-10-13/h4-6,8-9,13,21H,7,10H2,1-3H3/t13-/m0/s1. The van der Waals surface area contributed by atoms with Crippen LogP contribution in [0.4, 0.5) is 0 Å². The van der Waals surface area contributed by atoms with Gasteiger partial charge in [-0.3, -0.25) is 4.98 Å². The van der Waals surface area contributed by atoms with Gasteiger partial charge in [0.25, 0.3) is 0 Å². The minimum absolute atomic E-state index is 0.141. The van der Waals surface area contributed by atoms with Crippen LogP contribution < -0.4 is 14.2 Å². The summed E-state index contributed by atoms with van der Waals surface area (Å²) in [5.74, 6) is 1.30. The van der Waals surface area contributed by atoms with Crippen molar-refractivity contribution in [1.29, 1.82) is 0 Å². The highest BCUT2D eigenvalue weighted by Gasteiger charge is 2.37. The van der Waals surface area contributed by atoms with E-state index in [1.807, 2.05) is 32.2 Å². The predicted molar refractivity (Wildman–Crippen MR) is 93.0 cm³/mol. The highest BCUT2D eigenvalue weighted by Crippen LogP contribution is 2.51. The molecule has 0 saturated carbocycles. The number of nitrogens with zero attached hydrogens (tertiary/aromatic N) is 1. The van der Waals surface area contributed by atoms with E-state index in [-0.39, 0.29) is 5.92 Å². The third-order valence-corrected chi connectivity index (χ3v) is 4.51. The molecule has 1 N–H and O–H groups in total. The molecule has 130 valence electrons. The van der Waals surface area contributed by atoms with E-state index in [2.05, 4.69) is 11.1 Å². The molecule has 4 rings (SSSR count). The molecule has 1 aromatic carbocycles. The minimum Gasteiger partial charge on any atom is -0.493 e. The van der Waals surface area contributed by atoms with Crippen LogP contribution >= 0.6 is 0 Å². The molecule has 1 aromatic heterocycles. The van der Waals surface area contributed by atoms with Gasteiger partial charge in [0.05, 0.1) is 7.11 Å². The largest absolute Gasteiger partial charge is 0.493 e. The number of ether oxygens (including phenoxy) is 3. The maximum absolute atomic E-state index is 9.60. The summed E-state index contributed by atoms with van der Waals surface area (Å²) in [7, 11) is 0.911. The number of aromatic nitrogens is 1. The first kappa shape index (κ1) is 16.2. The fourth-order valence-corrected chi connectivity index (χ4v) is 3.31. The zero-order valence-corrected chi connectivity index (χ0v) is 14.5. The van der Waals surface area contributed by atoms with Gasteiger partial charge < -0.3 is 23.9 Å². The number of rotatable bonds is 3. The van der Waals surface area contributed by atoms with Crippen LogP contribution in [0.2, 0.25) is 6.32 Å². The fourth-order valence-electron chi connectivity index (χ4n) is 3.31. The Morgan fingerprint density at radius 2 is 2.04 bits per heavy atom. The molecule has 1 fully saturated rings. The van der Waals surface area contributed by atoms with Gasteiger partial charge in [0, 0.05) is 49.9 Å². The maximum Gasteiger partial charge on any atom is 0.454 e. The molecule has 2 aliphatic rings. The third kappa shape index (κ3) is 2.94. The van der Waals surface area contributed by atoms with E-state index >= 15 is 0 Å². The summed E-state index contributed by atoms with van der Waals surface area (Å²) < 4.78 is 22.6. The fraction of sp³-hybridized carbons (Fsp3) is 0.389. The van der Waals surface area contributed by atoms with Crippen LogP contribution in [0.15, 0.2) is 30.6 Å². The summed E-state index contributed by atoms with van der Waals surface area (Å²) in [5, 5.41) is 9.60. The molecule has 1 saturated heterocycles. The van der Waals surface area contributed by atoms with E-state index in [1.54, 1.807) is 13.3 Å². The molecule has 3 heterocycles. The van der Waals surface area contributed by atoms with Gasteiger partial charge in [0.15, 0.2) is 11.5 Å². The lowest BCUT2D eigenvalue weighted by Crippen LogP contribution is -2.29. The Hall–Kier alpha value is -2.25. The van der Waals surface area contributed by atoms with Crippen LogP contribution in [-0.4, -0.2) is 36.6 Å². The van der Waals surface area contributed by atoms with Crippen molar-refractivity contribution in [2.24, 2.45) is 0 Å². The summed E-state index contributed by atoms with van der Waals surface area (Å²) in [4.78, 5) is 4.37. The zero-order valence-electron chi connectivity index (χ0n) is 14.5. The minimum atomic E-state index is -0.750. The number of pyridine rings is 1. The Labute approximate surface area is 146 Å². The van der Waals surface area contributed by atoms with Gasteiger partial charge in [0.1, 0.15) is 0 Å². The maximum atomic E-state index is 9.60. The lowest BCUT2D eigenvalue weighted by Gasteiger charge is -2.17. The van der Waals surface area contributed by atoms with Crippen molar-refractivity contribution in [3.63, 3.8) is 0 Å². The van der Waals surface area contributed by atoms with E-state index in [0.29, 0.717) is 30.2 Å². The monoisotopic (exact) mass is 341 g/mol. The topological polar surface area (TPSA) is 70.0 Å². The molecule has 2 aliphatic heterocycles. The van der Waals surface area contributed by atoms with Crippen LogP contribution in [0.5, 0.6) is 17.2 Å². The summed E-state index contributed by atoms with van der Waals surface area (Å²) in [6.45, 7) is 4.23. The molecule has 0 amide bonds. The number of hydrogen-bond acceptors (Lipinski definition) is 6. The van der Waals surface area contributed by atoms with Gasteiger partial charge in [-0.15, -0.1) is 0 Å². The lowest BCUT2D eigenvalue weighted by atomic mass is 9.80. The molecule has 1 atom stereocenters. The number of benzene rings is 1. The van der Waals surface area contributed by atoms with Gasteiger partial charge in [-0.2, -0.15) is 0 Å². The Kier molecular flexibility index (Phi) is 3.85. The second kappa shape index (κ2) is 5.93. The Bertz CT molecular complexity index is 810. The van der Waals surface area contributed by atoms with Crippen LogP contribution in [0.25, 0.3) is 11.1 Å². The summed E-state index contributed by atoms with van der Waals surface area (Å²) >= 11 is 0. The van der Waals surface area contributed by atoms with E-state index in [4.69, 9.17) is 18.9 Å². The first-order chi connectivity index (χ1) is 12.0. The average Bonchev–Trinajstić information content (AvgIpc) is 3.16. The summed E-state index contributed by atoms with van der Waals surface area (Å²) in [5.41, 5.74) is 2.87. The van der Waals surface area contributed by atoms with Crippen molar-refractivity contribution < 1.29 is 23.9 Å². The van der Waals surface area contributed by atoms with E-state index in [1.165, 1.54) is 0 Å². The van der Waals surface area contributed by atoms with Crippen LogP contribution in [0, 0.1) is 0 Å². The number of hydrogen-bond donors (Lipinski definition) is 1. The Morgan fingerprint density at radius 3 is 2.76 bits per heavy atom. The molecule has 6 nitrogen and oxygen atoms in total. The average molecular weight is 341 g/mol. The number of methoxy groups -OCH3 is 1. The first-order valence-corrected chi connectivity index (χ1v) is 8.31. The Morgan fingerprint density at radius 1 is 1.24 bits per heavy atom. The summed E-state index contributed by atoms with van der Waals surface area (Å²) in [6.07, 6.45) is 4.20. The lowest BCUT2D eigenvalue weighted by molar-refractivity contribution is -0.0437. The molecule has 25 heavy (non-hydrogen) atoms. The first-order valence-electron chi connectivity index (χ1n) is 8.31. The van der Waals surface area contributed by atoms with Gasteiger partial charge in [-0.1, -0.05) is 0 Å². The van der Waals surface area contributed by atoms with E-state index < -0.39 is 12.9 Å². The number of fused-ring (bicyclic) bond motifs is 1. The van der Waals surface area contributed by atoms with Crippen molar-refractivity contribution in [3.05, 3.63) is 36.2 Å². The zero-order chi connectivity index (χ0) is 17.6. The van der Waals surface area contributed by atoms with Crippen LogP contribution in [0.1, 0.15) is 25.3 Å². The molecule has 2 aromatic rings. The molecular weight excluding hydrogens is 321 g/mol. The van der Waals surface area contributed by atoms with Crippen LogP contribution in [0.3, 0.4) is 0 Å². The van der Waals surface area contributed by atoms with Crippen molar-refractivity contribution >= 4 is 7.12 Å². The third-order valence-electron chi connectivity index (χ3n) is 4.51. The molecular formula is C18H20BNO5. The molecule has 0 aliphatic carbocycles. The van der Waals surface area contributed by atoms with Crippen molar-refractivity contribution in [1.82, 2.24) is 4.98 Å². The molecule has 0 spiro atoms. The van der Waals surface area contributed by atoms with E-state index in [9.17, 15) is 5.02 Å². The Balaban J connectivity index is 1.75. The van der Waals surface area contributed by atoms with Gasteiger partial charge in [-0.25, -0.2) is 0 Å². The smallest absolute Gasteiger partial charge is 0.454 e. The predicted octanol–water partition coefficient (Wildman–Crippen LogP) is 2.86. The van der Waals surface area contributed by atoms with Crippen LogP contribution in [-0.2, 0) is 4.65 Å². The summed E-state index contributed by atoms with van der Waals surface area (Å²) in [6, 6.07) is 5.88. The van der Waals surface area contributed by atoms with E-state index in [0.717, 1.165) is 16.7 Å². The SMILES string of the molecule is COc1ccc(-c2cncc([C@@H]3COB(O)C3)c2)c2c1OC(C)(C)O2. The molecule has 0 bridgehead atoms. The van der Waals surface area contributed by atoms with Gasteiger partial charge in [0.2, 0.25) is 11.5 Å². The molecule has 0 radical (unpaired) electrons. The van der Waals surface area contributed by atoms with Gasteiger partial charge >= 0.3 is 7.12 Å². The normalized spacial score (nSPS) is 20.8. The quantitative estimate of drug-likeness (QED) is 0.866. The second-order valence-electron chi connectivity index (χ2n) is 6.81. The van der Waals surface area contributed by atoms with Crippen molar-refractivity contribution in [2.45, 2.75) is 31.9 Å². The van der Waals surface area contributed by atoms with Crippen molar-refractivity contribution in [3.8, 4) is 28.4 Å². The highest BCUT2D eigenvalue weighted by atomic mass is 16.7. The second-order valence-corrected chi connectivity index (χ2v) is 6.81.